The Labute approximate surface area is 395 Å². The number of para-hydroxylation sites is 2. The molecule has 17 heteroatoms. The summed E-state index contributed by atoms with van der Waals surface area (Å²) in [5.41, 5.74) is 12.2. The quantitative estimate of drug-likeness (QED) is 0.0294. The van der Waals surface area contributed by atoms with E-state index in [4.69, 9.17) is 51.7 Å². The van der Waals surface area contributed by atoms with Gasteiger partial charge < -0.3 is 78.3 Å². The van der Waals surface area contributed by atoms with E-state index in [0.717, 1.165) is 29.2 Å². The average Bonchev–Trinajstić information content (AvgIpc) is 3.33. The molecular weight excluding hydrogens is 873 g/mol. The minimum atomic E-state index is -0.960. The van der Waals surface area contributed by atoms with Crippen LogP contribution in [0.25, 0.3) is 0 Å². The smallest absolute Gasteiger partial charge is 0.322 e. The van der Waals surface area contributed by atoms with Gasteiger partial charge in [-0.25, -0.2) is 0 Å². The molecule has 0 aliphatic carbocycles. The van der Waals surface area contributed by atoms with Crippen molar-refractivity contribution >= 4 is 46.1 Å². The standard InChI is InChI=1S/C13H13NO.2C8H9NO3.C8H11NO2.2C7H9NO/c15-13-8-6-12(7-9-13)14-10-11-4-2-1-3-5-11;10-7-3-1-6(2-4-7)9-5-8(11)12;10-7-4-2-1-3-6(7)9-5-8(11)12;10-6-5-9-7-1-3-8(11)4-2-7;1-8-6-2-4-7(9)5-3-6;1-5-4-6(8)2-3-7(5)9/h1-9,14-15H,10H2;2*1-4,9-10H,5H2,(H,11,12);1-4,9-11H,5-6H2;2-5,8-9H,1H3;2-4,9H,8H2,1H3. The fourth-order valence-electron chi connectivity index (χ4n) is 5.02. The fourth-order valence-corrected chi connectivity index (χ4v) is 5.02. The molecule has 360 valence electrons. The Bertz CT molecular complexity index is 2460. The highest BCUT2D eigenvalue weighted by Gasteiger charge is 2.01. The number of phenolic OH excluding ortho intramolecular Hbond substituents is 6. The first kappa shape index (κ1) is 55.2. The molecule has 0 radical (unpaired) electrons. The molecule has 0 aliphatic heterocycles. The van der Waals surface area contributed by atoms with Gasteiger partial charge in [-0.15, -0.1) is 0 Å². The van der Waals surface area contributed by atoms with Crippen molar-refractivity contribution in [2.24, 2.45) is 0 Å². The molecule has 7 aromatic carbocycles. The van der Waals surface area contributed by atoms with E-state index in [-0.39, 0.29) is 36.9 Å². The predicted molar refractivity (Wildman–Crippen MR) is 269 cm³/mol. The van der Waals surface area contributed by atoms with E-state index in [0.29, 0.717) is 40.9 Å². The topological polar surface area (TPSA) is 302 Å². The first-order valence-electron chi connectivity index (χ1n) is 20.8. The Morgan fingerprint density at radius 2 is 0.912 bits per heavy atom. The lowest BCUT2D eigenvalue weighted by molar-refractivity contribution is -0.135. The average molecular weight is 933 g/mol. The van der Waals surface area contributed by atoms with Gasteiger partial charge in [0, 0.05) is 48.6 Å². The molecule has 16 N–H and O–H groups in total. The van der Waals surface area contributed by atoms with Gasteiger partial charge in [-0.2, -0.15) is 0 Å². The van der Waals surface area contributed by atoms with E-state index in [2.05, 4.69) is 38.7 Å². The highest BCUT2D eigenvalue weighted by Crippen LogP contribution is 2.21. The number of carboxylic acids is 2. The normalized spacial score (nSPS) is 9.46. The number of nitrogens with two attached hydrogens (primary N) is 1. The zero-order valence-electron chi connectivity index (χ0n) is 37.6. The maximum absolute atomic E-state index is 10.1. The molecule has 17 nitrogen and oxygen atoms in total. The number of benzene rings is 7. The van der Waals surface area contributed by atoms with Gasteiger partial charge in [-0.1, -0.05) is 42.5 Å². The van der Waals surface area contributed by atoms with Crippen molar-refractivity contribution in [3.8, 4) is 34.5 Å². The third-order valence-electron chi connectivity index (χ3n) is 8.54. The van der Waals surface area contributed by atoms with Crippen LogP contribution in [-0.2, 0) is 16.1 Å². The number of phenols is 6. The van der Waals surface area contributed by atoms with Crippen molar-refractivity contribution < 1.29 is 55.5 Å². The largest absolute Gasteiger partial charge is 0.508 e. The maximum Gasteiger partial charge on any atom is 0.322 e. The highest BCUT2D eigenvalue weighted by atomic mass is 16.4. The Hall–Kier alpha value is -8.96. The minimum absolute atomic E-state index is 0.0544. The number of nitrogen functional groups attached to an aromatic ring is 1. The summed E-state index contributed by atoms with van der Waals surface area (Å²) in [6.07, 6.45) is 0. The van der Waals surface area contributed by atoms with E-state index in [1.165, 1.54) is 23.8 Å². The van der Waals surface area contributed by atoms with Crippen LogP contribution in [0.2, 0.25) is 0 Å². The first-order valence-corrected chi connectivity index (χ1v) is 20.8. The first-order chi connectivity index (χ1) is 32.6. The van der Waals surface area contributed by atoms with Crippen molar-refractivity contribution in [2.45, 2.75) is 13.5 Å². The van der Waals surface area contributed by atoms with Crippen LogP contribution in [0, 0.1) is 6.92 Å². The Kier molecular flexibility index (Phi) is 25.8. The monoisotopic (exact) mass is 932 g/mol. The van der Waals surface area contributed by atoms with Crippen molar-refractivity contribution in [3.63, 3.8) is 0 Å². The zero-order chi connectivity index (χ0) is 50.1. The number of nitrogens with one attached hydrogen (secondary N) is 5. The second-order valence-corrected chi connectivity index (χ2v) is 14.0. The van der Waals surface area contributed by atoms with E-state index in [1.54, 1.807) is 97.1 Å². The van der Waals surface area contributed by atoms with Gasteiger partial charge in [-0.3, -0.25) is 9.59 Å². The van der Waals surface area contributed by atoms with Crippen molar-refractivity contribution in [1.82, 2.24) is 0 Å². The highest BCUT2D eigenvalue weighted by molar-refractivity contribution is 5.74. The SMILES string of the molecule is CNc1ccc(O)cc1.Cc1cc(N)ccc1O.O=C(O)CNc1ccc(O)cc1.O=C(O)CNc1ccccc1O.OCCNc1ccc(O)cc1.Oc1ccc(NCc2ccccc2)cc1. The molecule has 0 fully saturated rings. The summed E-state index contributed by atoms with van der Waals surface area (Å²) in [6.45, 7) is 2.94. The van der Waals surface area contributed by atoms with Crippen LogP contribution < -0.4 is 32.3 Å². The van der Waals surface area contributed by atoms with Crippen LogP contribution in [0.1, 0.15) is 11.1 Å². The fraction of sp³-hybridized carbons (Fsp3) is 0.137. The summed E-state index contributed by atoms with van der Waals surface area (Å²) < 4.78 is 0. The summed E-state index contributed by atoms with van der Waals surface area (Å²) in [7, 11) is 1.84. The van der Waals surface area contributed by atoms with Crippen LogP contribution >= 0.6 is 0 Å². The van der Waals surface area contributed by atoms with Gasteiger partial charge in [0.05, 0.1) is 12.3 Å². The number of aryl methyl sites for hydroxylation is 1. The number of aromatic hydroxyl groups is 6. The molecule has 68 heavy (non-hydrogen) atoms. The van der Waals surface area contributed by atoms with E-state index in [1.807, 2.05) is 56.4 Å². The molecule has 0 spiro atoms. The zero-order valence-corrected chi connectivity index (χ0v) is 37.6. The minimum Gasteiger partial charge on any atom is -0.508 e. The van der Waals surface area contributed by atoms with Gasteiger partial charge in [0.25, 0.3) is 0 Å². The van der Waals surface area contributed by atoms with Gasteiger partial charge in [0.15, 0.2) is 0 Å². The van der Waals surface area contributed by atoms with Crippen LogP contribution in [0.4, 0.5) is 34.1 Å². The summed E-state index contributed by atoms with van der Waals surface area (Å²) in [4.78, 5) is 20.3. The lowest BCUT2D eigenvalue weighted by Crippen LogP contribution is -2.12. The molecule has 0 saturated carbocycles. The van der Waals surface area contributed by atoms with Crippen molar-refractivity contribution in [2.75, 3.05) is 65.6 Å². The summed E-state index contributed by atoms with van der Waals surface area (Å²) >= 11 is 0. The van der Waals surface area contributed by atoms with E-state index >= 15 is 0 Å². The van der Waals surface area contributed by atoms with Crippen molar-refractivity contribution in [3.05, 3.63) is 181 Å². The van der Waals surface area contributed by atoms with E-state index in [9.17, 15) is 9.59 Å². The lowest BCUT2D eigenvalue weighted by atomic mass is 10.2. The van der Waals surface area contributed by atoms with Gasteiger partial charge in [0.1, 0.15) is 47.6 Å². The molecule has 0 saturated heterocycles. The molecule has 0 amide bonds. The van der Waals surface area contributed by atoms with Crippen LogP contribution in [0.5, 0.6) is 34.5 Å². The van der Waals surface area contributed by atoms with Crippen LogP contribution in [0.3, 0.4) is 0 Å². The van der Waals surface area contributed by atoms with Gasteiger partial charge in [0.2, 0.25) is 0 Å². The molecule has 0 heterocycles. The van der Waals surface area contributed by atoms with Crippen LogP contribution in [-0.4, -0.2) is 91.2 Å². The second kappa shape index (κ2) is 31.8. The van der Waals surface area contributed by atoms with Gasteiger partial charge >= 0.3 is 11.9 Å². The molecular formula is C51H60N6O11. The third kappa shape index (κ3) is 25.4. The Balaban J connectivity index is 0.000000283. The van der Waals surface area contributed by atoms with E-state index < -0.39 is 11.9 Å². The predicted octanol–water partition coefficient (Wildman–Crippen LogP) is 8.29. The maximum atomic E-state index is 10.1. The molecule has 0 unspecified atom stereocenters. The number of hydrogen-bond acceptors (Lipinski definition) is 15. The second-order valence-electron chi connectivity index (χ2n) is 14.0. The molecule has 0 aromatic heterocycles. The summed E-state index contributed by atoms with van der Waals surface area (Å²) in [6, 6.07) is 48.6. The number of aliphatic hydroxyl groups excluding tert-OH is 1. The molecule has 0 atom stereocenters. The number of anilines is 6. The molecule has 0 bridgehead atoms. The Morgan fingerprint density at radius 1 is 0.485 bits per heavy atom. The van der Waals surface area contributed by atoms with Crippen LogP contribution in [0.15, 0.2) is 170 Å². The number of carbonyl (C=O) groups is 2. The summed E-state index contributed by atoms with van der Waals surface area (Å²) in [5.74, 6) is -0.519. The summed E-state index contributed by atoms with van der Waals surface area (Å²) in [5, 5.41) is 93.4. The molecule has 7 rings (SSSR count). The Morgan fingerprint density at radius 3 is 1.34 bits per heavy atom. The number of rotatable bonds is 13. The molecule has 0 aliphatic rings. The lowest BCUT2D eigenvalue weighted by Gasteiger charge is -2.06. The number of aliphatic carboxylic acids is 2. The molecule has 7 aromatic rings. The number of carboxylic acid groups (broad SMARTS) is 2. The number of aliphatic hydroxyl groups is 1. The number of hydrogen-bond donors (Lipinski definition) is 15. The van der Waals surface area contributed by atoms with Crippen molar-refractivity contribution in [1.29, 1.82) is 0 Å². The third-order valence-corrected chi connectivity index (χ3v) is 8.54. The van der Waals surface area contributed by atoms with Gasteiger partial charge in [-0.05, 0) is 145 Å².